The molecule has 0 unspecified atom stereocenters. The highest BCUT2D eigenvalue weighted by atomic mass is 16.5. The largest absolute Gasteiger partial charge is 0.477 e. The zero-order valence-electron chi connectivity index (χ0n) is 8.32. The number of hydrogen-bond acceptors (Lipinski definition) is 4. The lowest BCUT2D eigenvalue weighted by Crippen LogP contribution is -2.14. The van der Waals surface area contributed by atoms with E-state index in [2.05, 4.69) is 9.97 Å². The average molecular weight is 194 g/mol. The standard InChI is InChI=1S/C9H14N4O/c1-6(2)4-14-8-3-7(9(10)11)12-5-13-8/h3,5-6H,4H2,1-2H3,(H3,10,11). The first-order valence-corrected chi connectivity index (χ1v) is 4.39. The van der Waals surface area contributed by atoms with Crippen molar-refractivity contribution in [3.63, 3.8) is 0 Å². The zero-order valence-corrected chi connectivity index (χ0v) is 8.32. The molecule has 1 heterocycles. The molecule has 0 aliphatic carbocycles. The Hall–Kier alpha value is -1.65. The molecule has 0 amide bonds. The molecule has 0 spiro atoms. The molecular weight excluding hydrogens is 180 g/mol. The highest BCUT2D eigenvalue weighted by molar-refractivity contribution is 5.93. The van der Waals surface area contributed by atoms with Crippen molar-refractivity contribution in [1.82, 2.24) is 9.97 Å². The minimum atomic E-state index is -0.0817. The molecule has 0 saturated carbocycles. The molecule has 1 aromatic rings. The van der Waals surface area contributed by atoms with Gasteiger partial charge in [0.1, 0.15) is 17.9 Å². The molecule has 0 saturated heterocycles. The Bertz CT molecular complexity index is 324. The number of rotatable bonds is 4. The minimum absolute atomic E-state index is 0.0817. The first-order valence-electron chi connectivity index (χ1n) is 4.39. The van der Waals surface area contributed by atoms with Gasteiger partial charge < -0.3 is 10.5 Å². The van der Waals surface area contributed by atoms with Crippen LogP contribution in [0.5, 0.6) is 5.88 Å². The summed E-state index contributed by atoms with van der Waals surface area (Å²) in [6.07, 6.45) is 1.34. The van der Waals surface area contributed by atoms with Crippen LogP contribution >= 0.6 is 0 Å². The highest BCUT2D eigenvalue weighted by Crippen LogP contribution is 2.07. The number of hydrogen-bond donors (Lipinski definition) is 2. The minimum Gasteiger partial charge on any atom is -0.477 e. The first kappa shape index (κ1) is 10.4. The third-order valence-corrected chi connectivity index (χ3v) is 1.48. The van der Waals surface area contributed by atoms with E-state index in [1.165, 1.54) is 6.33 Å². The molecule has 0 radical (unpaired) electrons. The maximum Gasteiger partial charge on any atom is 0.217 e. The van der Waals surface area contributed by atoms with Gasteiger partial charge >= 0.3 is 0 Å². The number of nitrogens with zero attached hydrogens (tertiary/aromatic N) is 2. The summed E-state index contributed by atoms with van der Waals surface area (Å²) < 4.78 is 5.35. The summed E-state index contributed by atoms with van der Waals surface area (Å²) in [4.78, 5) is 7.73. The first-order chi connectivity index (χ1) is 6.59. The van der Waals surface area contributed by atoms with Crippen LogP contribution in [0.2, 0.25) is 0 Å². The molecule has 1 rings (SSSR count). The predicted molar refractivity (Wildman–Crippen MR) is 53.4 cm³/mol. The van der Waals surface area contributed by atoms with Crippen LogP contribution in [0.3, 0.4) is 0 Å². The molecule has 76 valence electrons. The van der Waals surface area contributed by atoms with Crippen LogP contribution in [0.4, 0.5) is 0 Å². The quantitative estimate of drug-likeness (QED) is 0.548. The van der Waals surface area contributed by atoms with Crippen molar-refractivity contribution < 1.29 is 4.74 Å². The van der Waals surface area contributed by atoms with Gasteiger partial charge in [0.05, 0.1) is 6.61 Å². The number of ether oxygens (including phenoxy) is 1. The Kier molecular flexibility index (Phi) is 3.39. The van der Waals surface area contributed by atoms with Crippen molar-refractivity contribution in [2.24, 2.45) is 11.7 Å². The van der Waals surface area contributed by atoms with Crippen molar-refractivity contribution in [1.29, 1.82) is 5.41 Å². The van der Waals surface area contributed by atoms with E-state index >= 15 is 0 Å². The molecule has 5 heteroatoms. The van der Waals surface area contributed by atoms with E-state index < -0.39 is 0 Å². The average Bonchev–Trinajstić information content (AvgIpc) is 2.15. The van der Waals surface area contributed by atoms with Crippen molar-refractivity contribution >= 4 is 5.84 Å². The Morgan fingerprint density at radius 1 is 1.57 bits per heavy atom. The van der Waals surface area contributed by atoms with Gasteiger partial charge in [0.15, 0.2) is 0 Å². The topological polar surface area (TPSA) is 84.9 Å². The maximum atomic E-state index is 7.18. The Balaban J connectivity index is 2.69. The number of nitrogens with two attached hydrogens (primary N) is 1. The Morgan fingerprint density at radius 2 is 2.29 bits per heavy atom. The lowest BCUT2D eigenvalue weighted by Gasteiger charge is -2.07. The lowest BCUT2D eigenvalue weighted by atomic mass is 10.2. The SMILES string of the molecule is CC(C)COc1cc(C(=N)N)ncn1. The van der Waals surface area contributed by atoms with Gasteiger partial charge in [-0.2, -0.15) is 0 Å². The van der Waals surface area contributed by atoms with Crippen molar-refractivity contribution in [2.45, 2.75) is 13.8 Å². The Labute approximate surface area is 82.8 Å². The van der Waals surface area contributed by atoms with Crippen LogP contribution in [0.25, 0.3) is 0 Å². The van der Waals surface area contributed by atoms with Gasteiger partial charge in [-0.3, -0.25) is 5.41 Å². The fourth-order valence-electron chi connectivity index (χ4n) is 0.818. The number of amidine groups is 1. The Morgan fingerprint density at radius 3 is 2.86 bits per heavy atom. The fourth-order valence-corrected chi connectivity index (χ4v) is 0.818. The summed E-state index contributed by atoms with van der Waals surface area (Å²) in [7, 11) is 0. The smallest absolute Gasteiger partial charge is 0.217 e. The van der Waals surface area contributed by atoms with Gasteiger partial charge in [0, 0.05) is 6.07 Å². The monoisotopic (exact) mass is 194 g/mol. The molecule has 0 aliphatic heterocycles. The van der Waals surface area contributed by atoms with E-state index in [4.69, 9.17) is 15.9 Å². The van der Waals surface area contributed by atoms with Crippen LogP contribution in [0, 0.1) is 11.3 Å². The zero-order chi connectivity index (χ0) is 10.6. The van der Waals surface area contributed by atoms with E-state index in [1.54, 1.807) is 6.07 Å². The number of aromatic nitrogens is 2. The molecular formula is C9H14N4O. The van der Waals surface area contributed by atoms with Gasteiger partial charge in [-0.1, -0.05) is 13.8 Å². The maximum absolute atomic E-state index is 7.18. The molecule has 1 aromatic heterocycles. The van der Waals surface area contributed by atoms with Crippen LogP contribution in [0.1, 0.15) is 19.5 Å². The summed E-state index contributed by atoms with van der Waals surface area (Å²) in [5.74, 6) is 0.812. The van der Waals surface area contributed by atoms with Crippen molar-refractivity contribution in [2.75, 3.05) is 6.61 Å². The van der Waals surface area contributed by atoms with E-state index in [9.17, 15) is 0 Å². The summed E-state index contributed by atoms with van der Waals surface area (Å²) in [5, 5.41) is 7.18. The van der Waals surface area contributed by atoms with Crippen molar-refractivity contribution in [3.8, 4) is 5.88 Å². The molecule has 5 nitrogen and oxygen atoms in total. The third-order valence-electron chi connectivity index (χ3n) is 1.48. The third kappa shape index (κ3) is 3.01. The van der Waals surface area contributed by atoms with Crippen LogP contribution in [-0.4, -0.2) is 22.4 Å². The fraction of sp³-hybridized carbons (Fsp3) is 0.444. The second-order valence-electron chi connectivity index (χ2n) is 3.36. The molecule has 0 atom stereocenters. The molecule has 0 fully saturated rings. The number of nitrogens with one attached hydrogen (secondary N) is 1. The van der Waals surface area contributed by atoms with Crippen molar-refractivity contribution in [3.05, 3.63) is 18.1 Å². The number of nitrogen functional groups attached to an aromatic ring is 1. The normalized spacial score (nSPS) is 10.2. The van der Waals surface area contributed by atoms with Crippen LogP contribution < -0.4 is 10.5 Å². The summed E-state index contributed by atoms with van der Waals surface area (Å²) >= 11 is 0. The molecule has 0 aromatic carbocycles. The van der Waals surface area contributed by atoms with E-state index in [0.717, 1.165) is 0 Å². The predicted octanol–water partition coefficient (Wildman–Crippen LogP) is 0.795. The van der Waals surface area contributed by atoms with E-state index in [-0.39, 0.29) is 5.84 Å². The summed E-state index contributed by atoms with van der Waals surface area (Å²) in [5.41, 5.74) is 5.66. The van der Waals surface area contributed by atoms with Gasteiger partial charge in [0.2, 0.25) is 5.88 Å². The van der Waals surface area contributed by atoms with Gasteiger partial charge in [0.25, 0.3) is 0 Å². The molecule has 0 bridgehead atoms. The lowest BCUT2D eigenvalue weighted by molar-refractivity contribution is 0.261. The second-order valence-corrected chi connectivity index (χ2v) is 3.36. The summed E-state index contributed by atoms with van der Waals surface area (Å²) in [6.45, 7) is 4.69. The molecule has 3 N–H and O–H groups in total. The summed E-state index contributed by atoms with van der Waals surface area (Å²) in [6, 6.07) is 1.56. The van der Waals surface area contributed by atoms with Gasteiger partial charge in [-0.05, 0) is 5.92 Å². The van der Waals surface area contributed by atoms with E-state index in [1.807, 2.05) is 13.8 Å². The highest BCUT2D eigenvalue weighted by Gasteiger charge is 2.02. The molecule has 14 heavy (non-hydrogen) atoms. The van der Waals surface area contributed by atoms with Gasteiger partial charge in [-0.15, -0.1) is 0 Å². The second kappa shape index (κ2) is 4.55. The van der Waals surface area contributed by atoms with Gasteiger partial charge in [-0.25, -0.2) is 9.97 Å². The molecule has 0 aliphatic rings. The van der Waals surface area contributed by atoms with E-state index in [0.29, 0.717) is 24.1 Å². The van der Waals surface area contributed by atoms with Crippen LogP contribution in [-0.2, 0) is 0 Å². The van der Waals surface area contributed by atoms with Crippen LogP contribution in [0.15, 0.2) is 12.4 Å².